The Bertz CT molecular complexity index is 686. The molecule has 0 aliphatic carbocycles. The first-order valence-electron chi connectivity index (χ1n) is 8.22. The second-order valence-electron chi connectivity index (χ2n) is 6.26. The minimum absolute atomic E-state index is 0.141. The normalized spacial score (nSPS) is 22.9. The Labute approximate surface area is 155 Å². The highest BCUT2D eigenvalue weighted by molar-refractivity contribution is 9.11. The zero-order valence-corrected chi connectivity index (χ0v) is 16.6. The van der Waals surface area contributed by atoms with Crippen molar-refractivity contribution in [2.45, 2.75) is 35.9 Å². The lowest BCUT2D eigenvalue weighted by Crippen LogP contribution is -2.51. The predicted octanol–water partition coefficient (Wildman–Crippen LogP) is 1.88. The average Bonchev–Trinajstić information content (AvgIpc) is 3.24. The highest BCUT2D eigenvalue weighted by atomic mass is 79.9. The number of amides is 1. The Hall–Kier alpha value is -0.480. The molecule has 3 rings (SSSR count). The van der Waals surface area contributed by atoms with E-state index in [1.165, 1.54) is 18.9 Å². The van der Waals surface area contributed by atoms with Gasteiger partial charge in [0.2, 0.25) is 5.91 Å². The number of nitrogens with zero attached hydrogens (tertiary/aromatic N) is 2. The number of rotatable bonds is 5. The highest BCUT2D eigenvalue weighted by Gasteiger charge is 2.29. The molecule has 1 amide bonds. The van der Waals surface area contributed by atoms with Gasteiger partial charge in [0.1, 0.15) is 4.21 Å². The fourth-order valence-corrected chi connectivity index (χ4v) is 6.40. The van der Waals surface area contributed by atoms with Crippen molar-refractivity contribution in [3.8, 4) is 0 Å². The molecule has 2 saturated heterocycles. The van der Waals surface area contributed by atoms with E-state index in [9.17, 15) is 13.2 Å². The van der Waals surface area contributed by atoms with E-state index >= 15 is 0 Å². The van der Waals surface area contributed by atoms with E-state index in [0.29, 0.717) is 12.6 Å². The summed E-state index contributed by atoms with van der Waals surface area (Å²) in [6.07, 6.45) is 4.58. The molecule has 1 aromatic heterocycles. The molecule has 2 fully saturated rings. The molecule has 0 radical (unpaired) electrons. The number of hydrogen-bond acceptors (Lipinski definition) is 5. The largest absolute Gasteiger partial charge is 0.340 e. The minimum atomic E-state index is -3.62. The number of thiophene rings is 1. The molecule has 1 N–H and O–H groups in total. The molecule has 1 unspecified atom stereocenters. The second-order valence-corrected chi connectivity index (χ2v) is 10.7. The van der Waals surface area contributed by atoms with Crippen molar-refractivity contribution < 1.29 is 13.2 Å². The van der Waals surface area contributed by atoms with E-state index in [-0.39, 0.29) is 16.7 Å². The molecular formula is C15H22BrN3O3S2. The van der Waals surface area contributed by atoms with Crippen LogP contribution in [0.5, 0.6) is 0 Å². The van der Waals surface area contributed by atoms with Gasteiger partial charge < -0.3 is 4.90 Å². The summed E-state index contributed by atoms with van der Waals surface area (Å²) in [6, 6.07) is 3.65. The van der Waals surface area contributed by atoms with Crippen LogP contribution in [0.15, 0.2) is 20.1 Å². The summed E-state index contributed by atoms with van der Waals surface area (Å²) < 4.78 is 27.8. The maximum absolute atomic E-state index is 12.4. The topological polar surface area (TPSA) is 69.7 Å². The molecular weight excluding hydrogens is 414 g/mol. The molecule has 0 spiro atoms. The summed E-state index contributed by atoms with van der Waals surface area (Å²) in [6.45, 7) is 3.49. The van der Waals surface area contributed by atoms with Gasteiger partial charge in [-0.3, -0.25) is 9.69 Å². The molecule has 1 aromatic rings. The van der Waals surface area contributed by atoms with Crippen LogP contribution in [0.3, 0.4) is 0 Å². The fraction of sp³-hybridized carbons (Fsp3) is 0.667. The number of nitrogens with one attached hydrogen (secondary N) is 1. The van der Waals surface area contributed by atoms with Crippen molar-refractivity contribution in [3.63, 3.8) is 0 Å². The van der Waals surface area contributed by atoms with Crippen LogP contribution < -0.4 is 4.72 Å². The van der Waals surface area contributed by atoms with E-state index in [0.717, 1.165) is 47.6 Å². The van der Waals surface area contributed by atoms with Gasteiger partial charge in [-0.1, -0.05) is 0 Å². The Morgan fingerprint density at radius 1 is 1.25 bits per heavy atom. The number of hydrogen-bond donors (Lipinski definition) is 1. The standard InChI is InChI=1S/C15H22BrN3O3S2/c16-13-5-6-15(23-13)24(21,22)17-10-14(20)19-9-3-4-12(11-19)18-7-1-2-8-18/h5-6,12,17H,1-4,7-11H2. The van der Waals surface area contributed by atoms with Crippen LogP contribution in [0.1, 0.15) is 25.7 Å². The molecule has 134 valence electrons. The monoisotopic (exact) mass is 435 g/mol. The first-order valence-corrected chi connectivity index (χ1v) is 11.3. The van der Waals surface area contributed by atoms with E-state index < -0.39 is 10.0 Å². The van der Waals surface area contributed by atoms with E-state index in [4.69, 9.17) is 0 Å². The van der Waals surface area contributed by atoms with Gasteiger partial charge in [-0.05, 0) is 66.8 Å². The van der Waals surface area contributed by atoms with Gasteiger partial charge in [-0.2, -0.15) is 0 Å². The number of sulfonamides is 1. The maximum Gasteiger partial charge on any atom is 0.250 e. The number of likely N-dealkylation sites (tertiary alicyclic amines) is 2. The van der Waals surface area contributed by atoms with E-state index in [2.05, 4.69) is 25.6 Å². The molecule has 9 heteroatoms. The lowest BCUT2D eigenvalue weighted by Gasteiger charge is -2.37. The van der Waals surface area contributed by atoms with Crippen LogP contribution in [0, 0.1) is 0 Å². The summed E-state index contributed by atoms with van der Waals surface area (Å²) in [5.41, 5.74) is 0. The lowest BCUT2D eigenvalue weighted by atomic mass is 10.0. The van der Waals surface area contributed by atoms with Crippen LogP contribution in [0.25, 0.3) is 0 Å². The van der Waals surface area contributed by atoms with Crippen molar-refractivity contribution in [2.75, 3.05) is 32.7 Å². The molecule has 0 saturated carbocycles. The summed E-state index contributed by atoms with van der Waals surface area (Å²) in [4.78, 5) is 16.7. The van der Waals surface area contributed by atoms with Crippen molar-refractivity contribution in [1.82, 2.24) is 14.5 Å². The van der Waals surface area contributed by atoms with Gasteiger partial charge in [-0.25, -0.2) is 13.1 Å². The quantitative estimate of drug-likeness (QED) is 0.766. The zero-order valence-electron chi connectivity index (χ0n) is 13.4. The van der Waals surface area contributed by atoms with Crippen molar-refractivity contribution in [1.29, 1.82) is 0 Å². The summed E-state index contributed by atoms with van der Waals surface area (Å²) in [5, 5.41) is 0. The maximum atomic E-state index is 12.4. The van der Waals surface area contributed by atoms with Gasteiger partial charge in [0.05, 0.1) is 10.3 Å². The smallest absolute Gasteiger partial charge is 0.250 e. The highest BCUT2D eigenvalue weighted by Crippen LogP contribution is 2.26. The SMILES string of the molecule is O=C(CNS(=O)(=O)c1ccc(Br)s1)N1CCCC(N2CCCC2)C1. The Morgan fingerprint density at radius 2 is 2.00 bits per heavy atom. The summed E-state index contributed by atoms with van der Waals surface area (Å²) in [7, 11) is -3.62. The van der Waals surface area contributed by atoms with Gasteiger partial charge in [0, 0.05) is 19.1 Å². The minimum Gasteiger partial charge on any atom is -0.340 e. The second kappa shape index (κ2) is 7.82. The first kappa shape index (κ1) is 18.3. The molecule has 2 aliphatic heterocycles. The third-order valence-corrected chi connectivity index (χ3v) is 8.15. The zero-order chi connectivity index (χ0) is 17.2. The van der Waals surface area contributed by atoms with Crippen LogP contribution in [0.2, 0.25) is 0 Å². The Balaban J connectivity index is 1.54. The van der Waals surface area contributed by atoms with Crippen LogP contribution in [-0.4, -0.2) is 62.9 Å². The average molecular weight is 436 g/mol. The van der Waals surface area contributed by atoms with Crippen LogP contribution >= 0.6 is 27.3 Å². The molecule has 3 heterocycles. The molecule has 6 nitrogen and oxygen atoms in total. The number of piperidine rings is 1. The first-order chi connectivity index (χ1) is 11.5. The molecule has 24 heavy (non-hydrogen) atoms. The predicted molar refractivity (Wildman–Crippen MR) is 97.6 cm³/mol. The molecule has 0 bridgehead atoms. The van der Waals surface area contributed by atoms with E-state index in [1.807, 2.05) is 0 Å². The van der Waals surface area contributed by atoms with E-state index in [1.54, 1.807) is 11.0 Å². The molecule has 1 atom stereocenters. The number of halogens is 1. The Kier molecular flexibility index (Phi) is 5.97. The van der Waals surface area contributed by atoms with Crippen LogP contribution in [-0.2, 0) is 14.8 Å². The van der Waals surface area contributed by atoms with Gasteiger partial charge in [0.15, 0.2) is 0 Å². The lowest BCUT2D eigenvalue weighted by molar-refractivity contribution is -0.132. The fourth-order valence-electron chi connectivity index (χ4n) is 3.37. The Morgan fingerprint density at radius 3 is 2.67 bits per heavy atom. The number of carbonyl (C=O) groups is 1. The van der Waals surface area contributed by atoms with Gasteiger partial charge in [-0.15, -0.1) is 11.3 Å². The third kappa shape index (κ3) is 4.37. The van der Waals surface area contributed by atoms with Crippen molar-refractivity contribution in [3.05, 3.63) is 15.9 Å². The van der Waals surface area contributed by atoms with Crippen LogP contribution in [0.4, 0.5) is 0 Å². The molecule has 2 aliphatic rings. The van der Waals surface area contributed by atoms with Crippen molar-refractivity contribution >= 4 is 43.2 Å². The molecule has 0 aromatic carbocycles. The third-order valence-electron chi connectivity index (χ3n) is 4.63. The summed E-state index contributed by atoms with van der Waals surface area (Å²) in [5.74, 6) is -0.141. The van der Waals surface area contributed by atoms with Gasteiger partial charge in [0.25, 0.3) is 10.0 Å². The van der Waals surface area contributed by atoms with Crippen molar-refractivity contribution in [2.24, 2.45) is 0 Å². The van der Waals surface area contributed by atoms with Gasteiger partial charge >= 0.3 is 0 Å². The summed E-state index contributed by atoms with van der Waals surface area (Å²) >= 11 is 4.39. The number of carbonyl (C=O) groups excluding carboxylic acids is 1.